The molecule has 0 saturated heterocycles. The van der Waals surface area contributed by atoms with Gasteiger partial charge in [0.25, 0.3) is 0 Å². The lowest BCUT2D eigenvalue weighted by Crippen LogP contribution is -2.05. The zero-order chi connectivity index (χ0) is 16.8. The Morgan fingerprint density at radius 2 is 1.88 bits per heavy atom. The van der Waals surface area contributed by atoms with Crippen molar-refractivity contribution in [1.82, 2.24) is 9.78 Å². The maximum absolute atomic E-state index is 11.5. The SMILES string of the molecule is O=C(O)c1nn(Cc2c(Cl)cccc2Cl)c2cc3c(cc12)OCO3. The van der Waals surface area contributed by atoms with E-state index in [2.05, 4.69) is 5.10 Å². The average Bonchev–Trinajstić information content (AvgIpc) is 3.13. The fraction of sp³-hybridized carbons (Fsp3) is 0.125. The fourth-order valence-corrected chi connectivity index (χ4v) is 3.19. The van der Waals surface area contributed by atoms with Crippen LogP contribution in [0.4, 0.5) is 0 Å². The van der Waals surface area contributed by atoms with Crippen molar-refractivity contribution in [2.75, 3.05) is 6.79 Å². The topological polar surface area (TPSA) is 73.6 Å². The molecule has 6 nitrogen and oxygen atoms in total. The molecule has 1 N–H and O–H groups in total. The molecule has 0 bridgehead atoms. The van der Waals surface area contributed by atoms with Crippen LogP contribution in [0.5, 0.6) is 11.5 Å². The second kappa shape index (κ2) is 5.58. The summed E-state index contributed by atoms with van der Waals surface area (Å²) >= 11 is 12.4. The molecule has 1 aliphatic heterocycles. The average molecular weight is 365 g/mol. The Morgan fingerprint density at radius 3 is 2.54 bits per heavy atom. The van der Waals surface area contributed by atoms with Gasteiger partial charge in [0.05, 0.1) is 12.1 Å². The molecule has 1 aromatic heterocycles. The van der Waals surface area contributed by atoms with E-state index in [1.54, 1.807) is 35.0 Å². The van der Waals surface area contributed by atoms with Crippen LogP contribution in [-0.4, -0.2) is 27.6 Å². The fourth-order valence-electron chi connectivity index (χ4n) is 2.67. The van der Waals surface area contributed by atoms with Gasteiger partial charge < -0.3 is 14.6 Å². The van der Waals surface area contributed by atoms with E-state index in [1.165, 1.54) is 0 Å². The summed E-state index contributed by atoms with van der Waals surface area (Å²) < 4.78 is 12.2. The monoisotopic (exact) mass is 364 g/mol. The van der Waals surface area contributed by atoms with Crippen LogP contribution in [-0.2, 0) is 6.54 Å². The summed E-state index contributed by atoms with van der Waals surface area (Å²) in [6.45, 7) is 0.343. The second-order valence-corrected chi connectivity index (χ2v) is 6.05. The standard InChI is InChI=1S/C16H10Cl2N2O4/c17-10-2-1-3-11(18)9(10)6-20-12-5-14-13(23-7-24-14)4-8(12)15(19-20)16(21)22/h1-5H,6-7H2,(H,21,22). The van der Waals surface area contributed by atoms with Crippen LogP contribution in [0.1, 0.15) is 16.1 Å². The minimum absolute atomic E-state index is 0.0634. The maximum Gasteiger partial charge on any atom is 0.357 e. The third-order valence-corrected chi connectivity index (χ3v) is 4.53. The number of carboxylic acid groups (broad SMARTS) is 1. The highest BCUT2D eigenvalue weighted by Gasteiger charge is 2.23. The number of rotatable bonds is 3. The molecule has 0 atom stereocenters. The number of halogens is 2. The number of nitrogens with zero attached hydrogens (tertiary/aromatic N) is 2. The first-order valence-electron chi connectivity index (χ1n) is 7.01. The van der Waals surface area contributed by atoms with Crippen LogP contribution < -0.4 is 9.47 Å². The van der Waals surface area contributed by atoms with Gasteiger partial charge in [-0.2, -0.15) is 5.10 Å². The predicted octanol–water partition coefficient (Wildman–Crippen LogP) is 3.82. The summed E-state index contributed by atoms with van der Waals surface area (Å²) in [5.41, 5.74) is 1.21. The van der Waals surface area contributed by atoms with Gasteiger partial charge in [-0.15, -0.1) is 0 Å². The Morgan fingerprint density at radius 1 is 1.21 bits per heavy atom. The van der Waals surface area contributed by atoms with Gasteiger partial charge >= 0.3 is 5.97 Å². The van der Waals surface area contributed by atoms with Crippen molar-refractivity contribution in [1.29, 1.82) is 0 Å². The second-order valence-electron chi connectivity index (χ2n) is 5.23. The van der Waals surface area contributed by atoms with E-state index < -0.39 is 5.97 Å². The summed E-state index contributed by atoms with van der Waals surface area (Å²) in [6.07, 6.45) is 0. The lowest BCUT2D eigenvalue weighted by atomic mass is 10.1. The lowest BCUT2D eigenvalue weighted by molar-refractivity contribution is 0.0691. The first-order chi connectivity index (χ1) is 11.5. The Hall–Kier alpha value is -2.44. The predicted molar refractivity (Wildman–Crippen MR) is 88.4 cm³/mol. The molecule has 0 fully saturated rings. The molecular weight excluding hydrogens is 355 g/mol. The van der Waals surface area contributed by atoms with Crippen LogP contribution in [0.2, 0.25) is 10.0 Å². The number of benzene rings is 2. The summed E-state index contributed by atoms with van der Waals surface area (Å²) in [5, 5.41) is 15.1. The molecule has 122 valence electrons. The number of carbonyl (C=O) groups is 1. The van der Waals surface area contributed by atoms with Crippen molar-refractivity contribution in [2.24, 2.45) is 0 Å². The van der Waals surface area contributed by atoms with Crippen LogP contribution in [0.15, 0.2) is 30.3 Å². The smallest absolute Gasteiger partial charge is 0.357 e. The van der Waals surface area contributed by atoms with Gasteiger partial charge in [0.2, 0.25) is 6.79 Å². The minimum atomic E-state index is -1.12. The van der Waals surface area contributed by atoms with Crippen LogP contribution in [0.3, 0.4) is 0 Å². The Balaban J connectivity index is 1.90. The number of aromatic carboxylic acids is 1. The molecule has 0 aliphatic carbocycles. The Kier molecular flexibility index (Phi) is 3.51. The molecule has 0 amide bonds. The zero-order valence-corrected chi connectivity index (χ0v) is 13.6. The van der Waals surface area contributed by atoms with Crippen molar-refractivity contribution in [3.8, 4) is 11.5 Å². The van der Waals surface area contributed by atoms with Crippen LogP contribution in [0.25, 0.3) is 10.9 Å². The number of carboxylic acids is 1. The molecule has 4 rings (SSSR count). The summed E-state index contributed by atoms with van der Waals surface area (Å²) in [5.74, 6) is -0.0750. The molecule has 0 unspecified atom stereocenters. The highest BCUT2D eigenvalue weighted by molar-refractivity contribution is 6.36. The van der Waals surface area contributed by atoms with Crippen LogP contribution >= 0.6 is 23.2 Å². The van der Waals surface area contributed by atoms with E-state index in [4.69, 9.17) is 32.7 Å². The van der Waals surface area contributed by atoms with E-state index in [-0.39, 0.29) is 19.0 Å². The van der Waals surface area contributed by atoms with Crippen molar-refractivity contribution in [3.05, 3.63) is 51.6 Å². The third-order valence-electron chi connectivity index (χ3n) is 3.82. The van der Waals surface area contributed by atoms with E-state index in [0.29, 0.717) is 38.0 Å². The van der Waals surface area contributed by atoms with Gasteiger partial charge in [-0.1, -0.05) is 29.3 Å². The van der Waals surface area contributed by atoms with Gasteiger partial charge in [-0.3, -0.25) is 4.68 Å². The molecular formula is C16H10Cl2N2O4. The number of aromatic nitrogens is 2. The summed E-state index contributed by atoms with van der Waals surface area (Å²) in [6, 6.07) is 8.53. The highest BCUT2D eigenvalue weighted by atomic mass is 35.5. The molecule has 1 aliphatic rings. The van der Waals surface area contributed by atoms with Crippen molar-refractivity contribution in [2.45, 2.75) is 6.54 Å². The highest BCUT2D eigenvalue weighted by Crippen LogP contribution is 2.37. The summed E-state index contributed by atoms with van der Waals surface area (Å²) in [7, 11) is 0. The maximum atomic E-state index is 11.5. The molecule has 24 heavy (non-hydrogen) atoms. The van der Waals surface area contributed by atoms with Gasteiger partial charge in [-0.05, 0) is 18.2 Å². The van der Waals surface area contributed by atoms with Gasteiger partial charge in [0, 0.05) is 27.1 Å². The first-order valence-corrected chi connectivity index (χ1v) is 7.76. The summed E-state index contributed by atoms with van der Waals surface area (Å²) in [4.78, 5) is 11.5. The van der Waals surface area contributed by atoms with Crippen molar-refractivity contribution < 1.29 is 19.4 Å². The molecule has 0 saturated carbocycles. The van der Waals surface area contributed by atoms with E-state index in [9.17, 15) is 9.90 Å². The first kappa shape index (κ1) is 15.1. The zero-order valence-electron chi connectivity index (χ0n) is 12.1. The van der Waals surface area contributed by atoms with Gasteiger partial charge in [0.1, 0.15) is 0 Å². The minimum Gasteiger partial charge on any atom is -0.476 e. The van der Waals surface area contributed by atoms with Crippen LogP contribution in [0, 0.1) is 0 Å². The molecule has 2 heterocycles. The van der Waals surface area contributed by atoms with E-state index in [0.717, 1.165) is 0 Å². The third kappa shape index (κ3) is 2.35. The number of hydrogen-bond acceptors (Lipinski definition) is 4. The molecule has 3 aromatic rings. The van der Waals surface area contributed by atoms with E-state index >= 15 is 0 Å². The van der Waals surface area contributed by atoms with Crippen molar-refractivity contribution in [3.63, 3.8) is 0 Å². The molecule has 2 aromatic carbocycles. The van der Waals surface area contributed by atoms with E-state index in [1.807, 2.05) is 0 Å². The normalized spacial score (nSPS) is 12.8. The lowest BCUT2D eigenvalue weighted by Gasteiger charge is -2.08. The number of fused-ring (bicyclic) bond motifs is 2. The number of ether oxygens (including phenoxy) is 2. The van der Waals surface area contributed by atoms with Gasteiger partial charge in [-0.25, -0.2) is 4.79 Å². The number of hydrogen-bond donors (Lipinski definition) is 1. The van der Waals surface area contributed by atoms with Crippen molar-refractivity contribution >= 4 is 40.1 Å². The Bertz CT molecular complexity index is 964. The largest absolute Gasteiger partial charge is 0.476 e. The molecule has 8 heteroatoms. The van der Waals surface area contributed by atoms with Gasteiger partial charge in [0.15, 0.2) is 17.2 Å². The quantitative estimate of drug-likeness (QED) is 0.764. The molecule has 0 spiro atoms. The molecule has 0 radical (unpaired) electrons. The Labute approximate surface area is 146 Å².